The Morgan fingerprint density at radius 1 is 1.30 bits per heavy atom. The molecule has 0 aromatic rings. The molecule has 0 radical (unpaired) electrons. The number of aliphatic imine (C=N–C) groups is 1. The lowest BCUT2D eigenvalue weighted by Gasteiger charge is -2.01. The fraction of sp³-hybridized carbons (Fsp3) is 0.250. The van der Waals surface area contributed by atoms with E-state index in [9.17, 15) is 13.2 Å². The third-order valence-electron chi connectivity index (χ3n) is 0.876. The molecular weight excluding hydrogens is 190 g/mol. The Bertz CT molecular complexity index is 233. The minimum atomic E-state index is -3.68. The van der Waals surface area contributed by atoms with Crippen molar-refractivity contribution in [3.8, 4) is 0 Å². The Balaban J connectivity index is 3.12. The van der Waals surface area contributed by atoms with Gasteiger partial charge in [-0.1, -0.05) is 23.2 Å². The van der Waals surface area contributed by atoms with Crippen LogP contribution in [0.2, 0.25) is 0 Å². The topological polar surface area (TPSA) is 12.4 Å². The lowest BCUT2D eigenvalue weighted by atomic mass is 10.5. The van der Waals surface area contributed by atoms with Crippen LogP contribution in [0, 0.1) is 0 Å². The van der Waals surface area contributed by atoms with E-state index < -0.39 is 22.1 Å². The van der Waals surface area contributed by atoms with E-state index in [1.165, 1.54) is 0 Å². The number of hydrogen-bond acceptors (Lipinski definition) is 1. The molecule has 0 bridgehead atoms. The molecule has 1 nitrogen and oxygen atoms in total. The van der Waals surface area contributed by atoms with E-state index in [0.717, 1.165) is 0 Å². The fourth-order valence-electron chi connectivity index (χ4n) is 0.444. The van der Waals surface area contributed by atoms with E-state index >= 15 is 0 Å². The van der Waals surface area contributed by atoms with Gasteiger partial charge in [-0.2, -0.15) is 18.2 Å². The van der Waals surface area contributed by atoms with Crippen LogP contribution in [0.25, 0.3) is 0 Å². The summed E-state index contributed by atoms with van der Waals surface area (Å²) in [6, 6.07) is -3.68. The van der Waals surface area contributed by atoms with Gasteiger partial charge in [-0.05, 0) is 0 Å². The molecule has 0 aromatic carbocycles. The summed E-state index contributed by atoms with van der Waals surface area (Å²) < 4.78 is 36.3. The molecule has 0 unspecified atom stereocenters. The molecule has 6 heteroatoms. The second-order valence-electron chi connectivity index (χ2n) is 1.57. The maximum Gasteiger partial charge on any atom is 0.383 e. The Hall–Kier alpha value is -0.220. The number of allylic oxidation sites excluding steroid dienone is 1. The summed E-state index contributed by atoms with van der Waals surface area (Å²) in [5.74, 6) is -1.42. The molecule has 10 heavy (non-hydrogen) atoms. The van der Waals surface area contributed by atoms with E-state index in [1.54, 1.807) is 0 Å². The van der Waals surface area contributed by atoms with Gasteiger partial charge in [0.1, 0.15) is 10.1 Å². The molecule has 0 N–H and O–H groups in total. The van der Waals surface area contributed by atoms with Crippen LogP contribution in [0.1, 0.15) is 0 Å². The first kappa shape index (κ1) is 7.88. The van der Waals surface area contributed by atoms with Gasteiger partial charge in [0.05, 0.1) is 0 Å². The van der Waals surface area contributed by atoms with Crippen LogP contribution in [0.5, 0.6) is 0 Å². The van der Waals surface area contributed by atoms with Crippen molar-refractivity contribution in [3.05, 3.63) is 10.1 Å². The van der Waals surface area contributed by atoms with Crippen molar-refractivity contribution in [1.29, 1.82) is 0 Å². The van der Waals surface area contributed by atoms with Gasteiger partial charge in [0.15, 0.2) is 0 Å². The predicted molar refractivity (Wildman–Crippen MR) is 32.2 cm³/mol. The normalized spacial score (nSPS) is 23.5. The highest BCUT2D eigenvalue weighted by atomic mass is 35.5. The predicted octanol–water partition coefficient (Wildman–Crippen LogP) is 2.65. The molecule has 0 spiro atoms. The number of alkyl halides is 2. The van der Waals surface area contributed by atoms with Gasteiger partial charge in [-0.15, -0.1) is 0 Å². The highest BCUT2D eigenvalue weighted by Gasteiger charge is 2.42. The molecule has 0 aliphatic carbocycles. The molecular formula is C4Cl2F3N. The van der Waals surface area contributed by atoms with Gasteiger partial charge in [0.25, 0.3) is 0 Å². The zero-order valence-corrected chi connectivity index (χ0v) is 5.85. The minimum Gasteiger partial charge on any atom is -0.183 e. The van der Waals surface area contributed by atoms with E-state index in [1.807, 2.05) is 0 Å². The van der Waals surface area contributed by atoms with Crippen LogP contribution in [0.15, 0.2) is 15.1 Å². The SMILES string of the molecule is FC1=NC(F)(F)C(Cl)=C1Cl. The van der Waals surface area contributed by atoms with Gasteiger partial charge in [0, 0.05) is 0 Å². The first-order valence-corrected chi connectivity index (χ1v) is 2.90. The van der Waals surface area contributed by atoms with E-state index in [2.05, 4.69) is 4.99 Å². The lowest BCUT2D eigenvalue weighted by Crippen LogP contribution is -2.08. The average Bonchev–Trinajstić information content (AvgIpc) is 1.95. The smallest absolute Gasteiger partial charge is 0.183 e. The van der Waals surface area contributed by atoms with Gasteiger partial charge < -0.3 is 0 Å². The maximum absolute atomic E-state index is 12.1. The molecule has 1 aliphatic rings. The Kier molecular flexibility index (Phi) is 1.68. The van der Waals surface area contributed by atoms with Crippen molar-refractivity contribution in [2.75, 3.05) is 0 Å². The summed E-state index contributed by atoms with van der Waals surface area (Å²) in [6.45, 7) is 0. The van der Waals surface area contributed by atoms with Gasteiger partial charge >= 0.3 is 6.05 Å². The zero-order valence-electron chi connectivity index (χ0n) is 4.34. The third-order valence-corrected chi connectivity index (χ3v) is 1.73. The van der Waals surface area contributed by atoms with Crippen molar-refractivity contribution in [2.45, 2.75) is 6.05 Å². The van der Waals surface area contributed by atoms with Crippen LogP contribution in [-0.2, 0) is 0 Å². The molecule has 0 amide bonds. The first-order chi connectivity index (χ1) is 4.45. The number of hydrogen-bond donors (Lipinski definition) is 0. The molecule has 0 saturated heterocycles. The highest BCUT2D eigenvalue weighted by Crippen LogP contribution is 2.39. The summed E-state index contributed by atoms with van der Waals surface area (Å²) >= 11 is 9.85. The summed E-state index contributed by atoms with van der Waals surface area (Å²) in [6.07, 6.45) is 0. The van der Waals surface area contributed by atoms with Crippen LogP contribution in [-0.4, -0.2) is 12.0 Å². The van der Waals surface area contributed by atoms with Crippen LogP contribution >= 0.6 is 23.2 Å². The standard InChI is InChI=1S/C4Cl2F3N/c5-1-2(6)4(8,9)10-3(1)7. The molecule has 0 atom stereocenters. The van der Waals surface area contributed by atoms with E-state index in [-0.39, 0.29) is 0 Å². The van der Waals surface area contributed by atoms with Crippen molar-refractivity contribution in [1.82, 2.24) is 0 Å². The van der Waals surface area contributed by atoms with Crippen LogP contribution in [0.3, 0.4) is 0 Å². The summed E-state index contributed by atoms with van der Waals surface area (Å²) in [4.78, 5) is 2.26. The van der Waals surface area contributed by atoms with E-state index in [0.29, 0.717) is 0 Å². The van der Waals surface area contributed by atoms with Crippen molar-refractivity contribution in [3.63, 3.8) is 0 Å². The van der Waals surface area contributed by atoms with Gasteiger partial charge in [-0.3, -0.25) is 0 Å². The quantitative estimate of drug-likeness (QED) is 0.520. The molecule has 0 saturated carbocycles. The van der Waals surface area contributed by atoms with Crippen LogP contribution < -0.4 is 0 Å². The molecule has 0 fully saturated rings. The van der Waals surface area contributed by atoms with Gasteiger partial charge in [-0.25, -0.2) is 0 Å². The maximum atomic E-state index is 12.1. The van der Waals surface area contributed by atoms with E-state index in [4.69, 9.17) is 23.2 Å². The molecule has 0 aromatic heterocycles. The lowest BCUT2D eigenvalue weighted by molar-refractivity contribution is 0.0632. The molecule has 1 heterocycles. The van der Waals surface area contributed by atoms with Crippen LogP contribution in [0.4, 0.5) is 13.2 Å². The average molecular weight is 190 g/mol. The number of rotatable bonds is 0. The third kappa shape index (κ3) is 1.01. The second kappa shape index (κ2) is 2.13. The van der Waals surface area contributed by atoms with Gasteiger partial charge in [0.2, 0.25) is 5.97 Å². The Morgan fingerprint density at radius 3 is 1.90 bits per heavy atom. The van der Waals surface area contributed by atoms with Crippen molar-refractivity contribution >= 4 is 29.2 Å². The highest BCUT2D eigenvalue weighted by molar-refractivity contribution is 6.49. The minimum absolute atomic E-state index is 0.813. The largest absolute Gasteiger partial charge is 0.383 e. The van der Waals surface area contributed by atoms with Crippen molar-refractivity contribution < 1.29 is 13.2 Å². The first-order valence-electron chi connectivity index (χ1n) is 2.14. The Labute approximate surface area is 64.1 Å². The zero-order chi connectivity index (χ0) is 7.94. The molecule has 1 aliphatic heterocycles. The number of halogens is 5. The van der Waals surface area contributed by atoms with Crippen molar-refractivity contribution in [2.24, 2.45) is 4.99 Å². The molecule has 56 valence electrons. The monoisotopic (exact) mass is 189 g/mol. The summed E-state index contributed by atoms with van der Waals surface area (Å²) in [5.41, 5.74) is 0. The Morgan fingerprint density at radius 2 is 1.80 bits per heavy atom. The summed E-state index contributed by atoms with van der Waals surface area (Å²) in [7, 11) is 0. The fourth-order valence-corrected chi connectivity index (χ4v) is 0.720. The summed E-state index contributed by atoms with van der Waals surface area (Å²) in [5, 5.41) is -1.88. The number of nitrogens with zero attached hydrogens (tertiary/aromatic N) is 1. The molecule has 1 rings (SSSR count). The second-order valence-corrected chi connectivity index (χ2v) is 2.33.